The number of aryl methyl sites for hydroxylation is 1. The number of para-hydroxylation sites is 1. The zero-order valence-corrected chi connectivity index (χ0v) is 12.3. The molecule has 1 saturated heterocycles. The van der Waals surface area contributed by atoms with Crippen molar-refractivity contribution in [2.24, 2.45) is 5.73 Å². The van der Waals surface area contributed by atoms with Gasteiger partial charge in [0.25, 0.3) is 0 Å². The van der Waals surface area contributed by atoms with E-state index in [4.69, 9.17) is 11.1 Å². The Hall–Kier alpha value is -1.55. The van der Waals surface area contributed by atoms with Gasteiger partial charge < -0.3 is 10.6 Å². The number of rotatable bonds is 2. The second-order valence-electron chi connectivity index (χ2n) is 5.65. The van der Waals surface area contributed by atoms with Crippen molar-refractivity contribution in [3.8, 4) is 0 Å². The molecule has 2 unspecified atom stereocenters. The van der Waals surface area contributed by atoms with Crippen molar-refractivity contribution in [1.82, 2.24) is 4.90 Å². The van der Waals surface area contributed by atoms with Crippen LogP contribution in [0.3, 0.4) is 0 Å². The quantitative estimate of drug-likeness (QED) is 0.630. The fourth-order valence-corrected chi connectivity index (χ4v) is 2.88. The minimum atomic E-state index is 0.151. The predicted molar refractivity (Wildman–Crippen MR) is 81.1 cm³/mol. The third-order valence-electron chi connectivity index (χ3n) is 4.20. The van der Waals surface area contributed by atoms with E-state index in [1.807, 2.05) is 12.1 Å². The third-order valence-corrected chi connectivity index (χ3v) is 4.20. The van der Waals surface area contributed by atoms with Crippen molar-refractivity contribution in [2.45, 2.75) is 32.9 Å². The second kappa shape index (κ2) is 5.21. The molecule has 1 aromatic rings. The summed E-state index contributed by atoms with van der Waals surface area (Å²) in [5.41, 5.74) is 8.90. The smallest absolute Gasteiger partial charge is 0.124 e. The first-order valence-electron chi connectivity index (χ1n) is 6.82. The lowest BCUT2D eigenvalue weighted by Crippen LogP contribution is -2.55. The number of nitrogens with one attached hydrogen (secondary N) is 1. The average molecular weight is 260 g/mol. The molecular weight excluding hydrogens is 236 g/mol. The Labute approximate surface area is 115 Å². The van der Waals surface area contributed by atoms with Gasteiger partial charge in [-0.05, 0) is 39.4 Å². The van der Waals surface area contributed by atoms with Crippen LogP contribution in [0.5, 0.6) is 0 Å². The average Bonchev–Trinajstić information content (AvgIpc) is 2.35. The fraction of sp³-hybridized carbons (Fsp3) is 0.533. The summed E-state index contributed by atoms with van der Waals surface area (Å²) >= 11 is 0. The van der Waals surface area contributed by atoms with Crippen molar-refractivity contribution in [2.75, 3.05) is 25.0 Å². The van der Waals surface area contributed by atoms with E-state index in [1.165, 1.54) is 5.56 Å². The molecule has 0 aromatic heterocycles. The van der Waals surface area contributed by atoms with Gasteiger partial charge >= 0.3 is 0 Å². The molecule has 4 nitrogen and oxygen atoms in total. The van der Waals surface area contributed by atoms with Gasteiger partial charge in [-0.3, -0.25) is 10.3 Å². The molecule has 0 amide bonds. The summed E-state index contributed by atoms with van der Waals surface area (Å²) in [4.78, 5) is 4.78. The van der Waals surface area contributed by atoms with Gasteiger partial charge in [-0.1, -0.05) is 12.1 Å². The van der Waals surface area contributed by atoms with Crippen LogP contribution >= 0.6 is 0 Å². The summed E-state index contributed by atoms with van der Waals surface area (Å²) in [5, 5.41) is 7.77. The monoisotopic (exact) mass is 260 g/mol. The number of piperazine rings is 1. The summed E-state index contributed by atoms with van der Waals surface area (Å²) in [6.07, 6.45) is 0. The van der Waals surface area contributed by atoms with Gasteiger partial charge in [0.15, 0.2) is 0 Å². The Morgan fingerprint density at radius 1 is 1.26 bits per heavy atom. The number of likely N-dealkylation sites (N-methyl/N-ethyl adjacent to an activating group) is 1. The lowest BCUT2D eigenvalue weighted by molar-refractivity contribution is 0.170. The summed E-state index contributed by atoms with van der Waals surface area (Å²) in [6.45, 7) is 8.54. The highest BCUT2D eigenvalue weighted by Gasteiger charge is 2.28. The van der Waals surface area contributed by atoms with E-state index in [-0.39, 0.29) is 5.84 Å². The lowest BCUT2D eigenvalue weighted by Gasteiger charge is -2.44. The molecule has 0 radical (unpaired) electrons. The number of nitrogens with two attached hydrogens (primary N) is 1. The van der Waals surface area contributed by atoms with Crippen LogP contribution in [-0.4, -0.2) is 43.0 Å². The predicted octanol–water partition coefficient (Wildman–Crippen LogP) is 1.81. The topological polar surface area (TPSA) is 56.4 Å². The molecule has 104 valence electrons. The number of nitrogen functional groups attached to an aromatic ring is 1. The van der Waals surface area contributed by atoms with Crippen LogP contribution in [-0.2, 0) is 0 Å². The van der Waals surface area contributed by atoms with Crippen LogP contribution in [0.15, 0.2) is 18.2 Å². The van der Waals surface area contributed by atoms with E-state index in [2.05, 4.69) is 43.7 Å². The standard InChI is InChI=1S/C15H24N4/c1-10-6-5-7-13(15(16)17)14(10)19-8-11(2)18(4)12(3)9-19/h5-7,11-12H,8-9H2,1-4H3,(H3,16,17). The molecule has 3 N–H and O–H groups in total. The number of anilines is 1. The Morgan fingerprint density at radius 3 is 2.37 bits per heavy atom. The molecule has 2 atom stereocenters. The van der Waals surface area contributed by atoms with Gasteiger partial charge in [-0.2, -0.15) is 0 Å². The first-order chi connectivity index (χ1) is 8.91. The lowest BCUT2D eigenvalue weighted by atomic mass is 10.0. The minimum absolute atomic E-state index is 0.151. The molecule has 0 bridgehead atoms. The highest BCUT2D eigenvalue weighted by Crippen LogP contribution is 2.28. The van der Waals surface area contributed by atoms with Crippen LogP contribution < -0.4 is 10.6 Å². The van der Waals surface area contributed by atoms with E-state index in [0.29, 0.717) is 12.1 Å². The van der Waals surface area contributed by atoms with E-state index < -0.39 is 0 Å². The van der Waals surface area contributed by atoms with Gasteiger partial charge in [0, 0.05) is 30.7 Å². The summed E-state index contributed by atoms with van der Waals surface area (Å²) < 4.78 is 0. The van der Waals surface area contributed by atoms with Crippen molar-refractivity contribution in [3.05, 3.63) is 29.3 Å². The van der Waals surface area contributed by atoms with E-state index in [0.717, 1.165) is 24.3 Å². The molecule has 0 spiro atoms. The fourth-order valence-electron chi connectivity index (χ4n) is 2.88. The maximum absolute atomic E-state index is 7.77. The van der Waals surface area contributed by atoms with Crippen LogP contribution in [0.25, 0.3) is 0 Å². The van der Waals surface area contributed by atoms with Gasteiger partial charge in [0.2, 0.25) is 0 Å². The van der Waals surface area contributed by atoms with Gasteiger partial charge in [0.1, 0.15) is 5.84 Å². The molecule has 1 fully saturated rings. The zero-order valence-electron chi connectivity index (χ0n) is 12.3. The van der Waals surface area contributed by atoms with Crippen molar-refractivity contribution < 1.29 is 0 Å². The number of hydrogen-bond donors (Lipinski definition) is 2. The van der Waals surface area contributed by atoms with Crippen molar-refractivity contribution >= 4 is 11.5 Å². The van der Waals surface area contributed by atoms with Crippen LogP contribution in [0.4, 0.5) is 5.69 Å². The maximum Gasteiger partial charge on any atom is 0.124 e. The second-order valence-corrected chi connectivity index (χ2v) is 5.65. The Balaban J connectivity index is 2.39. The number of nitrogens with zero attached hydrogens (tertiary/aromatic N) is 2. The normalized spacial score (nSPS) is 24.5. The molecule has 1 aromatic carbocycles. The van der Waals surface area contributed by atoms with Gasteiger partial charge in [-0.25, -0.2) is 0 Å². The molecule has 19 heavy (non-hydrogen) atoms. The minimum Gasteiger partial charge on any atom is -0.384 e. The molecule has 1 heterocycles. The SMILES string of the molecule is Cc1cccc(C(=N)N)c1N1CC(C)N(C)C(C)C1. The van der Waals surface area contributed by atoms with Crippen molar-refractivity contribution in [1.29, 1.82) is 5.41 Å². The van der Waals surface area contributed by atoms with Crippen LogP contribution in [0.2, 0.25) is 0 Å². The first kappa shape index (κ1) is 13.9. The number of amidine groups is 1. The van der Waals surface area contributed by atoms with Gasteiger partial charge in [0.05, 0.1) is 5.69 Å². The molecule has 2 rings (SSSR count). The highest BCUT2D eigenvalue weighted by atomic mass is 15.3. The molecule has 4 heteroatoms. The van der Waals surface area contributed by atoms with E-state index >= 15 is 0 Å². The van der Waals surface area contributed by atoms with E-state index in [1.54, 1.807) is 0 Å². The number of benzene rings is 1. The summed E-state index contributed by atoms with van der Waals surface area (Å²) in [7, 11) is 2.18. The van der Waals surface area contributed by atoms with E-state index in [9.17, 15) is 0 Å². The molecular formula is C15H24N4. The van der Waals surface area contributed by atoms with Crippen molar-refractivity contribution in [3.63, 3.8) is 0 Å². The largest absolute Gasteiger partial charge is 0.384 e. The number of hydrogen-bond acceptors (Lipinski definition) is 3. The van der Waals surface area contributed by atoms with Gasteiger partial charge in [-0.15, -0.1) is 0 Å². The highest BCUT2D eigenvalue weighted by molar-refractivity contribution is 6.01. The molecule has 1 aliphatic heterocycles. The van der Waals surface area contributed by atoms with Crippen LogP contribution in [0, 0.1) is 12.3 Å². The zero-order chi connectivity index (χ0) is 14.2. The summed E-state index contributed by atoms with van der Waals surface area (Å²) in [6, 6.07) is 7.01. The maximum atomic E-state index is 7.77. The molecule has 0 aliphatic carbocycles. The Morgan fingerprint density at radius 2 is 1.84 bits per heavy atom. The first-order valence-corrected chi connectivity index (χ1v) is 6.82. The Bertz CT molecular complexity index is 471. The van der Waals surface area contributed by atoms with Crippen LogP contribution in [0.1, 0.15) is 25.0 Å². The Kier molecular flexibility index (Phi) is 3.80. The third kappa shape index (κ3) is 2.59. The molecule has 0 saturated carbocycles. The summed E-state index contributed by atoms with van der Waals surface area (Å²) in [5.74, 6) is 0.151. The molecule has 1 aliphatic rings.